The topological polar surface area (TPSA) is 116 Å². The zero-order chi connectivity index (χ0) is 22.5. The largest absolute Gasteiger partial charge is 0.508 e. The number of carbonyl (C=O) groups excluding carboxylic acids is 1. The van der Waals surface area contributed by atoms with Crippen molar-refractivity contribution in [1.82, 2.24) is 10.2 Å². The average molecular weight is 454 g/mol. The Morgan fingerprint density at radius 2 is 1.73 bits per heavy atom. The number of nitrogens with two attached hydrogens (primary N) is 1. The van der Waals surface area contributed by atoms with Gasteiger partial charge in [-0.15, -0.1) is 0 Å². The van der Waals surface area contributed by atoms with Gasteiger partial charge in [-0.25, -0.2) is 4.79 Å². The molecule has 0 saturated carbocycles. The predicted molar refractivity (Wildman–Crippen MR) is 117 cm³/mol. The summed E-state index contributed by atoms with van der Waals surface area (Å²) in [5.74, 6) is -0.475. The van der Waals surface area contributed by atoms with Gasteiger partial charge >= 0.3 is 6.09 Å². The molecule has 9 heteroatoms. The fourth-order valence-electron chi connectivity index (χ4n) is 3.17. The number of nitrogens with zero attached hydrogens (tertiary/aromatic N) is 1. The molecule has 0 heterocycles. The Kier molecular flexibility index (Phi) is 7.95. The van der Waals surface area contributed by atoms with Crippen LogP contribution in [0.2, 0.25) is 10.0 Å². The summed E-state index contributed by atoms with van der Waals surface area (Å²) >= 11 is 12.2. The number of rotatable bonds is 8. The molecule has 0 aromatic heterocycles. The van der Waals surface area contributed by atoms with Gasteiger partial charge in [-0.05, 0) is 31.5 Å². The van der Waals surface area contributed by atoms with Gasteiger partial charge in [0.15, 0.2) is 0 Å². The number of phenolic OH excluding ortho intramolecular Hbond substituents is 1. The molecule has 0 radical (unpaired) electrons. The van der Waals surface area contributed by atoms with Crippen LogP contribution < -0.4 is 11.1 Å². The standard InChI is InChI=1S/C21H25Cl2N3O4/c1-21(2,12-26(20(29)30)11-13-6-4-3-5-7-13)25-18(28)10-17(24)19-15(22)8-14(27)9-16(19)23/h3-9,17,27H,10-12,24H2,1-2H3,(H,25,28)(H,29,30). The molecule has 1 atom stereocenters. The van der Waals surface area contributed by atoms with Crippen molar-refractivity contribution in [3.63, 3.8) is 0 Å². The van der Waals surface area contributed by atoms with Crippen LogP contribution >= 0.6 is 23.2 Å². The van der Waals surface area contributed by atoms with E-state index in [0.29, 0.717) is 5.56 Å². The number of phenols is 1. The Morgan fingerprint density at radius 1 is 1.17 bits per heavy atom. The maximum absolute atomic E-state index is 12.5. The lowest BCUT2D eigenvalue weighted by Gasteiger charge is -2.32. The van der Waals surface area contributed by atoms with Gasteiger partial charge in [0.25, 0.3) is 0 Å². The maximum atomic E-state index is 12.5. The molecule has 2 aromatic carbocycles. The van der Waals surface area contributed by atoms with E-state index in [4.69, 9.17) is 28.9 Å². The lowest BCUT2D eigenvalue weighted by Crippen LogP contribution is -2.52. The minimum atomic E-state index is -1.08. The van der Waals surface area contributed by atoms with E-state index in [2.05, 4.69) is 5.32 Å². The van der Waals surface area contributed by atoms with Crippen molar-refractivity contribution in [2.75, 3.05) is 6.54 Å². The number of nitrogens with one attached hydrogen (secondary N) is 1. The molecule has 2 amide bonds. The maximum Gasteiger partial charge on any atom is 0.407 e. The van der Waals surface area contributed by atoms with Crippen LogP contribution in [0, 0.1) is 0 Å². The Labute approximate surface area is 185 Å². The number of halogens is 2. The number of hydrogen-bond acceptors (Lipinski definition) is 4. The van der Waals surface area contributed by atoms with Crippen LogP contribution in [0.15, 0.2) is 42.5 Å². The fourth-order valence-corrected chi connectivity index (χ4v) is 3.92. The lowest BCUT2D eigenvalue weighted by molar-refractivity contribution is -0.123. The quantitative estimate of drug-likeness (QED) is 0.478. The van der Waals surface area contributed by atoms with Crippen molar-refractivity contribution in [3.05, 3.63) is 63.6 Å². The molecule has 0 aliphatic carbocycles. The minimum absolute atomic E-state index is 0.0823. The van der Waals surface area contributed by atoms with E-state index in [9.17, 15) is 19.8 Å². The molecule has 162 valence electrons. The molecule has 2 aromatic rings. The third-order valence-electron chi connectivity index (χ3n) is 4.39. The van der Waals surface area contributed by atoms with Crippen molar-refractivity contribution < 1.29 is 19.8 Å². The van der Waals surface area contributed by atoms with Crippen LogP contribution in [-0.2, 0) is 11.3 Å². The Balaban J connectivity index is 2.02. The van der Waals surface area contributed by atoms with Gasteiger partial charge in [0.1, 0.15) is 5.75 Å². The highest BCUT2D eigenvalue weighted by Gasteiger charge is 2.28. The molecular formula is C21H25Cl2N3O4. The van der Waals surface area contributed by atoms with Crippen molar-refractivity contribution in [2.24, 2.45) is 5.73 Å². The second-order valence-corrected chi connectivity index (χ2v) is 8.50. The first-order valence-corrected chi connectivity index (χ1v) is 10.0. The van der Waals surface area contributed by atoms with Gasteiger partial charge < -0.3 is 26.2 Å². The number of hydrogen-bond donors (Lipinski definition) is 4. The zero-order valence-electron chi connectivity index (χ0n) is 16.7. The number of carboxylic acid groups (broad SMARTS) is 1. The first kappa shape index (κ1) is 23.8. The van der Waals surface area contributed by atoms with E-state index in [1.54, 1.807) is 13.8 Å². The van der Waals surface area contributed by atoms with E-state index in [0.717, 1.165) is 5.56 Å². The summed E-state index contributed by atoms with van der Waals surface area (Å²) in [6.45, 7) is 3.75. The van der Waals surface area contributed by atoms with Gasteiger partial charge in [-0.2, -0.15) is 0 Å². The monoisotopic (exact) mass is 453 g/mol. The Bertz CT molecular complexity index is 883. The van der Waals surface area contributed by atoms with Crippen LogP contribution in [0.3, 0.4) is 0 Å². The van der Waals surface area contributed by atoms with Gasteiger partial charge in [0.05, 0.1) is 15.6 Å². The van der Waals surface area contributed by atoms with Crippen molar-refractivity contribution in [1.29, 1.82) is 0 Å². The smallest absolute Gasteiger partial charge is 0.407 e. The summed E-state index contributed by atoms with van der Waals surface area (Å²) in [6.07, 6.45) is -1.19. The van der Waals surface area contributed by atoms with Crippen LogP contribution in [0.5, 0.6) is 5.75 Å². The number of amides is 2. The van der Waals surface area contributed by atoms with Crippen LogP contribution in [0.4, 0.5) is 4.79 Å². The predicted octanol–water partition coefficient (Wildman–Crippen LogP) is 4.16. The third-order valence-corrected chi connectivity index (χ3v) is 5.02. The highest BCUT2D eigenvalue weighted by molar-refractivity contribution is 6.36. The molecule has 0 fully saturated rings. The molecule has 0 saturated heterocycles. The van der Waals surface area contributed by atoms with E-state index in [1.165, 1.54) is 17.0 Å². The van der Waals surface area contributed by atoms with Gasteiger partial charge in [-0.3, -0.25) is 4.79 Å². The second-order valence-electron chi connectivity index (χ2n) is 7.69. The molecule has 7 nitrogen and oxygen atoms in total. The van der Waals surface area contributed by atoms with Crippen molar-refractivity contribution in [2.45, 2.75) is 38.4 Å². The van der Waals surface area contributed by atoms with Crippen LogP contribution in [-0.4, -0.2) is 39.2 Å². The van der Waals surface area contributed by atoms with E-state index in [-0.39, 0.29) is 41.2 Å². The third kappa shape index (κ3) is 6.79. The number of aromatic hydroxyl groups is 1. The molecule has 30 heavy (non-hydrogen) atoms. The number of benzene rings is 2. The van der Waals surface area contributed by atoms with Crippen LogP contribution in [0.1, 0.15) is 37.4 Å². The second kappa shape index (κ2) is 10.0. The lowest BCUT2D eigenvalue weighted by atomic mass is 10.0. The van der Waals surface area contributed by atoms with Gasteiger partial charge in [-0.1, -0.05) is 53.5 Å². The summed E-state index contributed by atoms with van der Waals surface area (Å²) in [4.78, 5) is 25.5. The SMILES string of the molecule is CC(C)(CN(Cc1ccccc1)C(=O)O)NC(=O)CC(N)c1c(Cl)cc(O)cc1Cl. The van der Waals surface area contributed by atoms with E-state index in [1.807, 2.05) is 30.3 Å². The van der Waals surface area contributed by atoms with Gasteiger partial charge in [0.2, 0.25) is 5.91 Å². The molecule has 0 aliphatic heterocycles. The summed E-state index contributed by atoms with van der Waals surface area (Å²) in [5, 5.41) is 22.2. The highest BCUT2D eigenvalue weighted by Crippen LogP contribution is 2.34. The molecule has 5 N–H and O–H groups in total. The summed E-state index contributed by atoms with van der Waals surface area (Å²) in [7, 11) is 0. The first-order valence-electron chi connectivity index (χ1n) is 9.25. The zero-order valence-corrected chi connectivity index (χ0v) is 18.2. The fraction of sp³-hybridized carbons (Fsp3) is 0.333. The molecule has 1 unspecified atom stereocenters. The molecule has 0 aliphatic rings. The minimum Gasteiger partial charge on any atom is -0.508 e. The Morgan fingerprint density at radius 3 is 2.27 bits per heavy atom. The molecule has 0 bridgehead atoms. The average Bonchev–Trinajstić information content (AvgIpc) is 2.60. The molecule has 0 spiro atoms. The highest BCUT2D eigenvalue weighted by atomic mass is 35.5. The van der Waals surface area contributed by atoms with E-state index < -0.39 is 17.7 Å². The van der Waals surface area contributed by atoms with Crippen LogP contribution in [0.25, 0.3) is 0 Å². The number of carbonyl (C=O) groups is 2. The summed E-state index contributed by atoms with van der Waals surface area (Å²) < 4.78 is 0. The molecular weight excluding hydrogens is 429 g/mol. The van der Waals surface area contributed by atoms with Gasteiger partial charge in [0, 0.05) is 31.1 Å². The normalized spacial score (nSPS) is 12.3. The summed E-state index contributed by atoms with van der Waals surface area (Å²) in [5.41, 5.74) is 6.47. The van der Waals surface area contributed by atoms with E-state index >= 15 is 0 Å². The van der Waals surface area contributed by atoms with Crippen molar-refractivity contribution >= 4 is 35.2 Å². The first-order chi connectivity index (χ1) is 14.0. The molecule has 2 rings (SSSR count). The Hall–Kier alpha value is -2.48. The van der Waals surface area contributed by atoms with Crippen molar-refractivity contribution in [3.8, 4) is 5.75 Å². The summed E-state index contributed by atoms with van der Waals surface area (Å²) in [6, 6.07) is 11.0.